The summed E-state index contributed by atoms with van der Waals surface area (Å²) in [4.78, 5) is 10.6. The van der Waals surface area contributed by atoms with Crippen LogP contribution in [-0.2, 0) is 4.79 Å². The van der Waals surface area contributed by atoms with Crippen molar-refractivity contribution >= 4 is 5.91 Å². The fraction of sp³-hybridized carbons (Fsp3) is 0.889. The number of nitrogens with two attached hydrogens (primary N) is 2. The molecule has 0 bridgehead atoms. The predicted octanol–water partition coefficient (Wildman–Crippen LogP) is 0.769. The molecular weight excluding hydrogens is 152 g/mol. The summed E-state index contributed by atoms with van der Waals surface area (Å²) in [6.07, 6.45) is 7.14. The Morgan fingerprint density at radius 3 is 2.58 bits per heavy atom. The Kier molecular flexibility index (Phi) is 3.53. The van der Waals surface area contributed by atoms with Gasteiger partial charge in [0, 0.05) is 0 Å². The molecule has 70 valence electrons. The van der Waals surface area contributed by atoms with Crippen LogP contribution >= 0.6 is 0 Å². The number of primary amides is 1. The molecule has 1 unspecified atom stereocenters. The van der Waals surface area contributed by atoms with Crippen LogP contribution < -0.4 is 11.5 Å². The van der Waals surface area contributed by atoms with Crippen molar-refractivity contribution in [3.8, 4) is 0 Å². The maximum Gasteiger partial charge on any atom is 0.234 e. The molecule has 1 fully saturated rings. The molecule has 1 amide bonds. The highest BCUT2D eigenvalue weighted by Crippen LogP contribution is 2.30. The average molecular weight is 170 g/mol. The van der Waals surface area contributed by atoms with Gasteiger partial charge in [0.05, 0.1) is 6.04 Å². The minimum absolute atomic E-state index is 0.372. The summed E-state index contributed by atoms with van der Waals surface area (Å²) in [5, 5.41) is 0. The molecule has 0 spiro atoms. The van der Waals surface area contributed by atoms with E-state index < -0.39 is 6.04 Å². The van der Waals surface area contributed by atoms with Gasteiger partial charge in [-0.1, -0.05) is 32.1 Å². The monoisotopic (exact) mass is 170 g/mol. The molecule has 1 atom stereocenters. The van der Waals surface area contributed by atoms with Gasteiger partial charge in [0.2, 0.25) is 5.91 Å². The molecule has 12 heavy (non-hydrogen) atoms. The zero-order chi connectivity index (χ0) is 8.97. The Morgan fingerprint density at radius 2 is 2.17 bits per heavy atom. The van der Waals surface area contributed by atoms with Crippen LogP contribution in [0.3, 0.4) is 0 Å². The van der Waals surface area contributed by atoms with Gasteiger partial charge in [-0.2, -0.15) is 0 Å². The average Bonchev–Trinajstić information content (AvgIpc) is 1.93. The third-order valence-corrected chi connectivity index (χ3v) is 2.72. The van der Waals surface area contributed by atoms with Crippen LogP contribution in [-0.4, -0.2) is 11.9 Å². The van der Waals surface area contributed by atoms with Crippen molar-refractivity contribution in [1.82, 2.24) is 0 Å². The van der Waals surface area contributed by atoms with E-state index in [2.05, 4.69) is 0 Å². The minimum atomic E-state index is -0.426. The van der Waals surface area contributed by atoms with Gasteiger partial charge in [-0.05, 0) is 12.3 Å². The molecule has 0 heterocycles. The van der Waals surface area contributed by atoms with Gasteiger partial charge >= 0.3 is 0 Å². The molecule has 0 aliphatic heterocycles. The summed E-state index contributed by atoms with van der Waals surface area (Å²) in [6, 6.07) is -0.426. The lowest BCUT2D eigenvalue weighted by atomic mass is 9.81. The molecule has 1 rings (SSSR count). The molecule has 0 saturated heterocycles. The quantitative estimate of drug-likeness (QED) is 0.640. The van der Waals surface area contributed by atoms with E-state index in [1.807, 2.05) is 0 Å². The standard InChI is InChI=1S/C9H18N2O/c10-8(9(11)12)6-2-5-7-3-1-4-7/h7-8H,1-6,10H2,(H2,11,12). The Hall–Kier alpha value is -0.570. The van der Waals surface area contributed by atoms with Crippen LogP contribution in [0.4, 0.5) is 0 Å². The van der Waals surface area contributed by atoms with E-state index in [1.165, 1.54) is 25.7 Å². The molecule has 0 aromatic rings. The van der Waals surface area contributed by atoms with E-state index in [1.54, 1.807) is 0 Å². The van der Waals surface area contributed by atoms with Crippen LogP contribution in [0.5, 0.6) is 0 Å². The van der Waals surface area contributed by atoms with Gasteiger partial charge in [-0.3, -0.25) is 4.79 Å². The third kappa shape index (κ3) is 2.81. The molecule has 0 aromatic carbocycles. The summed E-state index contributed by atoms with van der Waals surface area (Å²) < 4.78 is 0. The van der Waals surface area contributed by atoms with Crippen molar-refractivity contribution in [3.63, 3.8) is 0 Å². The normalized spacial score (nSPS) is 20.1. The lowest BCUT2D eigenvalue weighted by molar-refractivity contribution is -0.119. The summed E-state index contributed by atoms with van der Waals surface area (Å²) in [5.74, 6) is 0.536. The topological polar surface area (TPSA) is 69.1 Å². The zero-order valence-corrected chi connectivity index (χ0v) is 7.46. The van der Waals surface area contributed by atoms with E-state index >= 15 is 0 Å². The Labute approximate surface area is 73.5 Å². The second-order valence-corrected chi connectivity index (χ2v) is 3.74. The number of carbonyl (C=O) groups is 1. The lowest BCUT2D eigenvalue weighted by Crippen LogP contribution is -2.36. The van der Waals surface area contributed by atoms with E-state index in [4.69, 9.17) is 11.5 Å². The first-order valence-electron chi connectivity index (χ1n) is 4.75. The molecule has 3 heteroatoms. The SMILES string of the molecule is NC(=O)C(N)CCCC1CCC1. The largest absolute Gasteiger partial charge is 0.368 e. The molecule has 1 aliphatic carbocycles. The first-order chi connectivity index (χ1) is 5.70. The summed E-state index contributed by atoms with van der Waals surface area (Å²) in [5.41, 5.74) is 10.5. The highest BCUT2D eigenvalue weighted by atomic mass is 16.1. The molecular formula is C9H18N2O. The van der Waals surface area contributed by atoms with Crippen molar-refractivity contribution in [3.05, 3.63) is 0 Å². The third-order valence-electron chi connectivity index (χ3n) is 2.72. The first kappa shape index (κ1) is 9.52. The molecule has 0 aromatic heterocycles. The first-order valence-corrected chi connectivity index (χ1v) is 4.75. The van der Waals surface area contributed by atoms with Crippen LogP contribution in [0.25, 0.3) is 0 Å². The van der Waals surface area contributed by atoms with Crippen molar-refractivity contribution < 1.29 is 4.79 Å². The van der Waals surface area contributed by atoms with Crippen molar-refractivity contribution in [2.75, 3.05) is 0 Å². The van der Waals surface area contributed by atoms with Gasteiger partial charge in [-0.15, -0.1) is 0 Å². The van der Waals surface area contributed by atoms with Gasteiger partial charge in [0.25, 0.3) is 0 Å². The summed E-state index contributed by atoms with van der Waals surface area (Å²) in [7, 11) is 0. The van der Waals surface area contributed by atoms with Crippen molar-refractivity contribution in [2.24, 2.45) is 17.4 Å². The van der Waals surface area contributed by atoms with Crippen LogP contribution in [0.1, 0.15) is 38.5 Å². The van der Waals surface area contributed by atoms with E-state index in [-0.39, 0.29) is 5.91 Å². The number of rotatable bonds is 5. The van der Waals surface area contributed by atoms with E-state index in [9.17, 15) is 4.79 Å². The highest BCUT2D eigenvalue weighted by molar-refractivity contribution is 5.79. The molecule has 0 radical (unpaired) electrons. The van der Waals surface area contributed by atoms with Gasteiger partial charge < -0.3 is 11.5 Å². The Balaban J connectivity index is 1.97. The molecule has 4 N–H and O–H groups in total. The minimum Gasteiger partial charge on any atom is -0.368 e. The van der Waals surface area contributed by atoms with Gasteiger partial charge in [0.15, 0.2) is 0 Å². The smallest absolute Gasteiger partial charge is 0.234 e. The van der Waals surface area contributed by atoms with Crippen LogP contribution in [0.2, 0.25) is 0 Å². The zero-order valence-electron chi connectivity index (χ0n) is 7.46. The lowest BCUT2D eigenvalue weighted by Gasteiger charge is -2.25. The Bertz CT molecular complexity index is 155. The Morgan fingerprint density at radius 1 is 1.50 bits per heavy atom. The maximum absolute atomic E-state index is 10.6. The fourth-order valence-electron chi connectivity index (χ4n) is 1.55. The van der Waals surface area contributed by atoms with Crippen molar-refractivity contribution in [1.29, 1.82) is 0 Å². The van der Waals surface area contributed by atoms with E-state index in [0.29, 0.717) is 0 Å². The number of hydrogen-bond acceptors (Lipinski definition) is 2. The van der Waals surface area contributed by atoms with E-state index in [0.717, 1.165) is 18.8 Å². The second kappa shape index (κ2) is 4.45. The summed E-state index contributed by atoms with van der Waals surface area (Å²) in [6.45, 7) is 0. The number of carbonyl (C=O) groups excluding carboxylic acids is 1. The summed E-state index contributed by atoms with van der Waals surface area (Å²) >= 11 is 0. The predicted molar refractivity (Wildman–Crippen MR) is 48.4 cm³/mol. The van der Waals surface area contributed by atoms with Gasteiger partial charge in [0.1, 0.15) is 0 Å². The number of amides is 1. The molecule has 1 saturated carbocycles. The molecule has 3 nitrogen and oxygen atoms in total. The van der Waals surface area contributed by atoms with Gasteiger partial charge in [-0.25, -0.2) is 0 Å². The van der Waals surface area contributed by atoms with Crippen molar-refractivity contribution in [2.45, 2.75) is 44.6 Å². The fourth-order valence-corrected chi connectivity index (χ4v) is 1.55. The number of hydrogen-bond donors (Lipinski definition) is 2. The molecule has 1 aliphatic rings. The van der Waals surface area contributed by atoms with Crippen LogP contribution in [0, 0.1) is 5.92 Å². The second-order valence-electron chi connectivity index (χ2n) is 3.74. The maximum atomic E-state index is 10.6. The highest BCUT2D eigenvalue weighted by Gasteiger charge is 2.17. The van der Waals surface area contributed by atoms with Crippen LogP contribution in [0.15, 0.2) is 0 Å².